The van der Waals surface area contributed by atoms with E-state index in [0.717, 1.165) is 21.0 Å². The highest BCUT2D eigenvalue weighted by Gasteiger charge is 2.17. The Labute approximate surface area is 218 Å². The van der Waals surface area contributed by atoms with E-state index in [-0.39, 0.29) is 5.56 Å². The summed E-state index contributed by atoms with van der Waals surface area (Å²) in [6.45, 7) is 1.94. The first-order valence-corrected chi connectivity index (χ1v) is 12.3. The summed E-state index contributed by atoms with van der Waals surface area (Å²) >= 11 is 9.75. The minimum atomic E-state index is -0.314. The number of furan rings is 2. The van der Waals surface area contributed by atoms with Crippen molar-refractivity contribution in [2.75, 3.05) is 0 Å². The van der Waals surface area contributed by atoms with E-state index in [1.165, 1.54) is 10.9 Å². The molecule has 0 saturated carbocycles. The number of rotatable bonds is 4. The van der Waals surface area contributed by atoms with Gasteiger partial charge in [0.15, 0.2) is 5.76 Å². The first kappa shape index (κ1) is 22.5. The molecule has 3 aromatic carbocycles. The van der Waals surface area contributed by atoms with Crippen molar-refractivity contribution in [3.63, 3.8) is 0 Å². The van der Waals surface area contributed by atoms with Crippen LogP contribution in [-0.2, 0) is 0 Å². The minimum absolute atomic E-state index is 0.291. The van der Waals surface area contributed by atoms with Crippen LogP contribution in [0.4, 0.5) is 0 Å². The number of halogens is 2. The molecule has 3 heterocycles. The van der Waals surface area contributed by atoms with E-state index >= 15 is 0 Å². The summed E-state index contributed by atoms with van der Waals surface area (Å²) in [7, 11) is 0. The number of benzene rings is 3. The molecule has 6 nitrogen and oxygen atoms in total. The van der Waals surface area contributed by atoms with Crippen LogP contribution in [0, 0.1) is 6.92 Å². The molecular formula is C28H17BrClN3O3. The third-order valence-corrected chi connectivity index (χ3v) is 6.82. The van der Waals surface area contributed by atoms with E-state index in [2.05, 4.69) is 21.0 Å². The summed E-state index contributed by atoms with van der Waals surface area (Å²) in [6.07, 6.45) is 1.49. The van der Waals surface area contributed by atoms with Gasteiger partial charge in [-0.1, -0.05) is 51.8 Å². The van der Waals surface area contributed by atoms with Crippen LogP contribution in [0.25, 0.3) is 44.8 Å². The molecule has 0 aliphatic rings. The second kappa shape index (κ2) is 8.93. The number of para-hydroxylation sites is 1. The first-order chi connectivity index (χ1) is 17.5. The minimum Gasteiger partial charge on any atom is -0.455 e. The fourth-order valence-electron chi connectivity index (χ4n) is 4.07. The Morgan fingerprint density at radius 1 is 0.972 bits per heavy atom. The summed E-state index contributed by atoms with van der Waals surface area (Å²) in [5.41, 5.74) is 2.73. The Kier molecular flexibility index (Phi) is 5.59. The zero-order valence-electron chi connectivity index (χ0n) is 18.9. The van der Waals surface area contributed by atoms with E-state index < -0.39 is 0 Å². The van der Waals surface area contributed by atoms with Gasteiger partial charge in [0.1, 0.15) is 17.1 Å². The summed E-state index contributed by atoms with van der Waals surface area (Å²) < 4.78 is 14.2. The van der Waals surface area contributed by atoms with Crippen molar-refractivity contribution in [3.05, 3.63) is 110 Å². The Bertz CT molecular complexity index is 1870. The molecule has 0 aliphatic carbocycles. The van der Waals surface area contributed by atoms with E-state index in [1.807, 2.05) is 61.5 Å². The second-order valence-electron chi connectivity index (χ2n) is 8.22. The van der Waals surface area contributed by atoms with Crippen LogP contribution in [0.3, 0.4) is 0 Å². The molecule has 6 aromatic rings. The molecule has 0 atom stereocenters. The van der Waals surface area contributed by atoms with Crippen LogP contribution in [0.2, 0.25) is 5.02 Å². The first-order valence-electron chi connectivity index (χ1n) is 11.1. The van der Waals surface area contributed by atoms with Gasteiger partial charge in [-0.2, -0.15) is 9.78 Å². The molecule has 0 amide bonds. The SMILES string of the molecule is Cc1c(Cl)cccc1-c1ccc(C=Nn2c(-c3cc4cc(Br)ccc4o3)nc3ccccc3c2=O)o1. The zero-order chi connectivity index (χ0) is 24.8. The van der Waals surface area contributed by atoms with Crippen molar-refractivity contribution in [1.29, 1.82) is 0 Å². The summed E-state index contributed by atoms with van der Waals surface area (Å²) in [6, 6.07) is 24.0. The lowest BCUT2D eigenvalue weighted by molar-refractivity contribution is 0.573. The van der Waals surface area contributed by atoms with E-state index in [9.17, 15) is 4.79 Å². The van der Waals surface area contributed by atoms with Crippen molar-refractivity contribution >= 4 is 55.6 Å². The lowest BCUT2D eigenvalue weighted by Gasteiger charge is -2.07. The quantitative estimate of drug-likeness (QED) is 0.208. The standard InChI is InChI=1S/C28H17BrClN3O3/c1-16-20(6-4-7-22(16)30)25-12-10-19(35-25)15-31-33-27(32-23-8-3-2-5-21(23)28(33)34)26-14-17-13-18(29)9-11-24(17)36-26/h2-15H,1H3. The molecular weight excluding hydrogens is 542 g/mol. The predicted molar refractivity (Wildman–Crippen MR) is 146 cm³/mol. The normalized spacial score (nSPS) is 11.8. The molecule has 0 fully saturated rings. The van der Waals surface area contributed by atoms with Crippen molar-refractivity contribution in [1.82, 2.24) is 9.66 Å². The van der Waals surface area contributed by atoms with Crippen LogP contribution < -0.4 is 5.56 Å². The van der Waals surface area contributed by atoms with Gasteiger partial charge < -0.3 is 8.83 Å². The number of hydrogen-bond acceptors (Lipinski definition) is 5. The lowest BCUT2D eigenvalue weighted by atomic mass is 10.1. The Hall–Kier alpha value is -3.94. The molecule has 0 bridgehead atoms. The van der Waals surface area contributed by atoms with Crippen LogP contribution in [0.5, 0.6) is 0 Å². The smallest absolute Gasteiger partial charge is 0.282 e. The van der Waals surface area contributed by atoms with Gasteiger partial charge in [0.2, 0.25) is 5.82 Å². The summed E-state index contributed by atoms with van der Waals surface area (Å²) in [5.74, 6) is 1.85. The molecule has 176 valence electrons. The lowest BCUT2D eigenvalue weighted by Crippen LogP contribution is -2.20. The molecule has 0 saturated heterocycles. The average Bonchev–Trinajstić information content (AvgIpc) is 3.52. The number of fused-ring (bicyclic) bond motifs is 2. The molecule has 0 aliphatic heterocycles. The van der Waals surface area contributed by atoms with Crippen LogP contribution in [-0.4, -0.2) is 15.9 Å². The molecule has 0 radical (unpaired) electrons. The van der Waals surface area contributed by atoms with E-state index in [1.54, 1.807) is 24.3 Å². The maximum absolute atomic E-state index is 13.4. The Balaban J connectivity index is 1.47. The summed E-state index contributed by atoms with van der Waals surface area (Å²) in [4.78, 5) is 18.1. The van der Waals surface area contributed by atoms with Crippen molar-refractivity contribution in [3.8, 4) is 22.9 Å². The molecule has 8 heteroatoms. The monoisotopic (exact) mass is 557 g/mol. The average molecular weight is 559 g/mol. The highest BCUT2D eigenvalue weighted by Crippen LogP contribution is 2.31. The maximum atomic E-state index is 13.4. The molecule has 0 N–H and O–H groups in total. The number of nitrogens with zero attached hydrogens (tertiary/aromatic N) is 3. The van der Waals surface area contributed by atoms with E-state index in [0.29, 0.717) is 44.6 Å². The largest absolute Gasteiger partial charge is 0.455 e. The maximum Gasteiger partial charge on any atom is 0.282 e. The van der Waals surface area contributed by atoms with Crippen LogP contribution in [0.1, 0.15) is 11.3 Å². The second-order valence-corrected chi connectivity index (χ2v) is 9.54. The highest BCUT2D eigenvalue weighted by molar-refractivity contribution is 9.10. The fourth-order valence-corrected chi connectivity index (χ4v) is 4.62. The van der Waals surface area contributed by atoms with Gasteiger partial charge in [0, 0.05) is 20.4 Å². The Morgan fingerprint density at radius 3 is 2.72 bits per heavy atom. The molecule has 6 rings (SSSR count). The highest BCUT2D eigenvalue weighted by atomic mass is 79.9. The van der Waals surface area contributed by atoms with Crippen LogP contribution >= 0.6 is 27.5 Å². The van der Waals surface area contributed by atoms with Gasteiger partial charge in [-0.25, -0.2) is 4.98 Å². The van der Waals surface area contributed by atoms with Crippen LogP contribution in [0.15, 0.2) is 102 Å². The third-order valence-electron chi connectivity index (χ3n) is 5.91. The fraction of sp³-hybridized carbons (Fsp3) is 0.0357. The Morgan fingerprint density at radius 2 is 1.83 bits per heavy atom. The van der Waals surface area contributed by atoms with Gasteiger partial charge >= 0.3 is 0 Å². The third kappa shape index (κ3) is 3.96. The zero-order valence-corrected chi connectivity index (χ0v) is 21.2. The van der Waals surface area contributed by atoms with E-state index in [4.69, 9.17) is 25.4 Å². The molecule has 3 aromatic heterocycles. The topological polar surface area (TPSA) is 73.5 Å². The van der Waals surface area contributed by atoms with Gasteiger partial charge in [-0.05, 0) is 67.1 Å². The predicted octanol–water partition coefficient (Wildman–Crippen LogP) is 7.68. The van der Waals surface area contributed by atoms with Gasteiger partial charge in [-0.15, -0.1) is 0 Å². The molecule has 0 spiro atoms. The molecule has 0 unspecified atom stereocenters. The van der Waals surface area contributed by atoms with Gasteiger partial charge in [0.25, 0.3) is 5.56 Å². The van der Waals surface area contributed by atoms with Gasteiger partial charge in [0.05, 0.1) is 17.1 Å². The summed E-state index contributed by atoms with van der Waals surface area (Å²) in [5, 5.41) is 6.46. The van der Waals surface area contributed by atoms with Crippen molar-refractivity contribution < 1.29 is 8.83 Å². The number of aromatic nitrogens is 2. The van der Waals surface area contributed by atoms with Crippen molar-refractivity contribution in [2.24, 2.45) is 5.10 Å². The molecule has 36 heavy (non-hydrogen) atoms. The van der Waals surface area contributed by atoms with Gasteiger partial charge in [-0.3, -0.25) is 4.79 Å². The van der Waals surface area contributed by atoms with Crippen molar-refractivity contribution in [2.45, 2.75) is 6.92 Å². The number of hydrogen-bond donors (Lipinski definition) is 0.